The van der Waals surface area contributed by atoms with Crippen LogP contribution >= 0.6 is 0 Å². The molecule has 4 aromatic rings. The zero-order valence-electron chi connectivity index (χ0n) is 46.9. The van der Waals surface area contributed by atoms with Gasteiger partial charge in [0.1, 0.15) is 58.9 Å². The van der Waals surface area contributed by atoms with Gasteiger partial charge in [0, 0.05) is 71.9 Å². The number of phenolic OH excluding ortho intramolecular Hbond substituents is 4. The molecule has 4 aromatic carbocycles. The number of hydrogen-bond acceptors (Lipinski definition) is 28. The minimum Gasteiger partial charge on any atom is -0.507 e. The monoisotopic (exact) mass is 1230 g/mol. The number of hydroxylamine groups is 2. The molecule has 2 saturated heterocycles. The Morgan fingerprint density at radius 1 is 0.568 bits per heavy atom. The molecule has 10 rings (SSSR count). The third-order valence-corrected chi connectivity index (χ3v) is 17.0. The van der Waals surface area contributed by atoms with Crippen LogP contribution in [0.1, 0.15) is 138 Å². The molecule has 88 heavy (non-hydrogen) atoms. The summed E-state index contributed by atoms with van der Waals surface area (Å²) >= 11 is 0. The minimum atomic E-state index is -2.54. The normalized spacial score (nSPS) is 28.7. The highest BCUT2D eigenvalue weighted by molar-refractivity contribution is 6.32. The van der Waals surface area contributed by atoms with E-state index < -0.39 is 239 Å². The summed E-state index contributed by atoms with van der Waals surface area (Å²) < 4.78 is 34.9. The van der Waals surface area contributed by atoms with Gasteiger partial charge in [-0.05, 0) is 26.0 Å². The fourth-order valence-corrected chi connectivity index (χ4v) is 12.5. The predicted octanol–water partition coefficient (Wildman–Crippen LogP) is -0.952. The van der Waals surface area contributed by atoms with E-state index in [1.54, 1.807) is 0 Å². The second kappa shape index (κ2) is 23.9. The Balaban J connectivity index is 0.870. The standard InChI is InChI=1S/C58H60N2O28/c1-19-43(65)25(11-33(83-19)85-29-15-57(79,31(63)17-61)13-23-37(29)51(73)41-39(47(23)69)45(67)21-7-5-9-27(81-3)35(21)49(41)71)59-87-53(55(75)76)54(56(77)78)88-60-26-12-34(84-20(2)44(26)66)86-30-16-58(80,32(64)18-62)14-24-38(30)52(74)42-40(48(24)70)46(68)22-8-6-10-28(82-4)36(22)50(42)72/h5-10,19-20,25-26,29-30,33-34,43-44,53-54,59-62,65-66,69-70,73-74,79-80H,11-18H2,1-4H3,(H,75,76)(H,77,78)/t19?,20?,25?,26?,29-,30-,33?,34?,43?,44?,53?,54?,57-,58-/m0/s1. The Labute approximate surface area is 496 Å². The van der Waals surface area contributed by atoms with E-state index in [-0.39, 0.29) is 44.9 Å². The summed E-state index contributed by atoms with van der Waals surface area (Å²) in [4.78, 5) is 119. The summed E-state index contributed by atoms with van der Waals surface area (Å²) in [6.45, 7) is 0.206. The summed E-state index contributed by atoms with van der Waals surface area (Å²) in [6, 6.07) is 5.25. The number of ether oxygens (including phenoxy) is 6. The number of fused-ring (bicyclic) bond motifs is 6. The number of carbonyl (C=O) groups excluding carboxylic acids is 6. The first-order chi connectivity index (χ1) is 41.6. The van der Waals surface area contributed by atoms with Crippen LogP contribution in [0.25, 0.3) is 0 Å². The lowest BCUT2D eigenvalue weighted by atomic mass is 9.72. The largest absolute Gasteiger partial charge is 0.507 e. The van der Waals surface area contributed by atoms with Crippen molar-refractivity contribution >= 4 is 46.6 Å². The number of aromatic hydroxyl groups is 4. The zero-order valence-corrected chi connectivity index (χ0v) is 46.9. The van der Waals surface area contributed by atoms with Gasteiger partial charge < -0.3 is 89.7 Å². The second-order valence-electron chi connectivity index (χ2n) is 22.2. The van der Waals surface area contributed by atoms with E-state index in [0.717, 1.165) is 0 Å². The average Bonchev–Trinajstić information content (AvgIpc) is 1.02. The van der Waals surface area contributed by atoms with Crippen LogP contribution in [0.4, 0.5) is 0 Å². The fourth-order valence-electron chi connectivity index (χ4n) is 12.5. The number of Topliss-reactive ketones (excluding diaryl/α,β-unsaturated/α-hetero) is 2. The number of carboxylic acids is 2. The topological polar surface area (TPSA) is 477 Å². The van der Waals surface area contributed by atoms with Gasteiger partial charge in [-0.1, -0.05) is 24.3 Å². The molecule has 2 fully saturated rings. The van der Waals surface area contributed by atoms with Crippen molar-refractivity contribution in [2.45, 2.75) is 137 Å². The molecule has 4 aliphatic carbocycles. The Kier molecular flexibility index (Phi) is 17.1. The van der Waals surface area contributed by atoms with Crippen LogP contribution in [-0.2, 0) is 60.6 Å². The van der Waals surface area contributed by atoms with Crippen molar-refractivity contribution in [3.05, 3.63) is 103 Å². The molecular formula is C58H60N2O28. The SMILES string of the molecule is COc1cccc2c1C(=O)c1c(O)c3c(c(O)c1C2=O)C[C@@](O)(C(=O)CO)C[C@@H]3OC1CC(NOC(C(=O)O)C(ONC2CC(O[C@H]3C[C@](O)(C(=O)CO)Cc4c(O)c5c(c(O)c43)C(=O)c3c(OC)cccc3C5=O)OC(C)C2O)C(=O)O)C(O)C(C)O1. The molecule has 2 heterocycles. The van der Waals surface area contributed by atoms with Gasteiger partial charge in [0.25, 0.3) is 0 Å². The fraction of sp³-hybridized carbons (Fsp3) is 0.448. The van der Waals surface area contributed by atoms with Crippen molar-refractivity contribution in [1.82, 2.24) is 11.0 Å². The summed E-state index contributed by atoms with van der Waals surface area (Å²) in [5.41, 5.74) is -5.61. The molecule has 0 spiro atoms. The summed E-state index contributed by atoms with van der Waals surface area (Å²) in [7, 11) is 2.47. The Morgan fingerprint density at radius 2 is 0.920 bits per heavy atom. The van der Waals surface area contributed by atoms with E-state index in [9.17, 15) is 99.6 Å². The van der Waals surface area contributed by atoms with Crippen LogP contribution in [0.3, 0.4) is 0 Å². The van der Waals surface area contributed by atoms with Crippen molar-refractivity contribution in [2.24, 2.45) is 0 Å². The van der Waals surface area contributed by atoms with Gasteiger partial charge in [0.15, 0.2) is 35.7 Å². The summed E-state index contributed by atoms with van der Waals surface area (Å²) in [6.07, 6.45) is -21.7. The van der Waals surface area contributed by atoms with Gasteiger partial charge >= 0.3 is 11.9 Å². The van der Waals surface area contributed by atoms with Crippen LogP contribution in [0.5, 0.6) is 34.5 Å². The van der Waals surface area contributed by atoms with Gasteiger partial charge in [-0.15, -0.1) is 0 Å². The lowest BCUT2D eigenvalue weighted by molar-refractivity contribution is -0.267. The number of aliphatic hydroxyl groups is 6. The van der Waals surface area contributed by atoms with Crippen molar-refractivity contribution in [1.29, 1.82) is 0 Å². The van der Waals surface area contributed by atoms with E-state index in [4.69, 9.17) is 38.1 Å². The van der Waals surface area contributed by atoms with Crippen LogP contribution in [0, 0.1) is 0 Å². The van der Waals surface area contributed by atoms with Crippen molar-refractivity contribution in [3.63, 3.8) is 0 Å². The molecule has 14 atom stereocenters. The zero-order chi connectivity index (χ0) is 63.9. The number of ketones is 6. The highest BCUT2D eigenvalue weighted by Crippen LogP contribution is 2.55. The third-order valence-electron chi connectivity index (χ3n) is 17.0. The van der Waals surface area contributed by atoms with E-state index >= 15 is 0 Å². The number of carbonyl (C=O) groups is 8. The molecule has 0 aromatic heterocycles. The highest BCUT2D eigenvalue weighted by atomic mass is 16.7. The number of carboxylic acid groups (broad SMARTS) is 2. The third kappa shape index (κ3) is 10.5. The molecule has 14 N–H and O–H groups in total. The maximum Gasteiger partial charge on any atom is 0.338 e. The Bertz CT molecular complexity index is 3370. The summed E-state index contributed by atoms with van der Waals surface area (Å²) in [5, 5.41) is 134. The lowest BCUT2D eigenvalue weighted by Crippen LogP contribution is -2.59. The quantitative estimate of drug-likeness (QED) is 0.0343. The van der Waals surface area contributed by atoms with Gasteiger partial charge in [-0.3, -0.25) is 38.4 Å². The first-order valence-corrected chi connectivity index (χ1v) is 27.4. The molecule has 470 valence electrons. The molecule has 10 unspecified atom stereocenters. The van der Waals surface area contributed by atoms with Gasteiger partial charge in [-0.25, -0.2) is 9.59 Å². The molecule has 6 aliphatic rings. The molecule has 0 saturated carbocycles. The van der Waals surface area contributed by atoms with E-state index in [1.165, 1.54) is 64.5 Å². The lowest BCUT2D eigenvalue weighted by Gasteiger charge is -2.43. The second-order valence-corrected chi connectivity index (χ2v) is 22.2. The Morgan fingerprint density at radius 3 is 1.25 bits per heavy atom. The summed E-state index contributed by atoms with van der Waals surface area (Å²) in [5.74, 6) is -13.7. The number of phenols is 4. The Hall–Kier alpha value is -7.92. The van der Waals surface area contributed by atoms with E-state index in [2.05, 4.69) is 11.0 Å². The maximum atomic E-state index is 14.1. The number of aliphatic hydroxyl groups excluding tert-OH is 4. The predicted molar refractivity (Wildman–Crippen MR) is 286 cm³/mol. The minimum absolute atomic E-state index is 0.0459. The molecule has 2 aliphatic heterocycles. The number of aliphatic carboxylic acids is 2. The molecule has 0 radical (unpaired) electrons. The molecule has 0 amide bonds. The number of nitrogens with one attached hydrogen (secondary N) is 2. The highest BCUT2D eigenvalue weighted by Gasteiger charge is 2.53. The van der Waals surface area contributed by atoms with Crippen molar-refractivity contribution in [2.75, 3.05) is 27.4 Å². The molecule has 0 bridgehead atoms. The van der Waals surface area contributed by atoms with Gasteiger partial charge in [0.2, 0.25) is 23.8 Å². The molecular weight excluding hydrogens is 1170 g/mol. The number of methoxy groups -OCH3 is 2. The number of benzene rings is 4. The van der Waals surface area contributed by atoms with Crippen LogP contribution in [0.2, 0.25) is 0 Å². The first-order valence-electron chi connectivity index (χ1n) is 27.4. The van der Waals surface area contributed by atoms with Crippen LogP contribution in [0.15, 0.2) is 36.4 Å². The average molecular weight is 1230 g/mol. The van der Waals surface area contributed by atoms with Gasteiger partial charge in [0.05, 0.1) is 96.3 Å². The smallest absolute Gasteiger partial charge is 0.338 e. The van der Waals surface area contributed by atoms with Gasteiger partial charge in [-0.2, -0.15) is 11.0 Å². The van der Waals surface area contributed by atoms with Crippen LogP contribution in [-0.4, -0.2) is 208 Å². The van der Waals surface area contributed by atoms with Crippen molar-refractivity contribution in [3.8, 4) is 34.5 Å². The molecule has 30 heteroatoms. The number of hydrogen-bond donors (Lipinski definition) is 14. The molecule has 30 nitrogen and oxygen atoms in total. The number of rotatable bonds is 19. The maximum absolute atomic E-state index is 14.1. The first kappa shape index (κ1) is 63.1. The van der Waals surface area contributed by atoms with E-state index in [1.807, 2.05) is 0 Å². The van der Waals surface area contributed by atoms with Crippen LogP contribution < -0.4 is 20.4 Å². The van der Waals surface area contributed by atoms with E-state index in [0.29, 0.717) is 0 Å². The van der Waals surface area contributed by atoms with Crippen molar-refractivity contribution < 1.29 is 138 Å².